The molecule has 2 amide bonds. The number of carbonyl (C=O) groups excluding carboxylic acids is 2. The second kappa shape index (κ2) is 9.53. The fraction of sp³-hybridized carbons (Fsp3) is 0.333. The lowest BCUT2D eigenvalue weighted by atomic mass is 10.0. The number of hydrogen-bond donors (Lipinski definition) is 3. The van der Waals surface area contributed by atoms with Gasteiger partial charge in [-0.25, -0.2) is 0 Å². The third-order valence-corrected chi connectivity index (χ3v) is 4.64. The highest BCUT2D eigenvalue weighted by atomic mass is 35.5. The van der Waals surface area contributed by atoms with Crippen LogP contribution in [-0.4, -0.2) is 11.8 Å². The van der Waals surface area contributed by atoms with Crippen molar-refractivity contribution >= 4 is 24.2 Å². The fourth-order valence-corrected chi connectivity index (χ4v) is 3.21. The normalized spacial score (nSPS) is 13.3. The molecule has 0 spiro atoms. The molecule has 2 aromatic carbocycles. The van der Waals surface area contributed by atoms with Crippen LogP contribution in [0.5, 0.6) is 0 Å². The van der Waals surface area contributed by atoms with Gasteiger partial charge >= 0.3 is 0 Å². The van der Waals surface area contributed by atoms with Crippen LogP contribution in [0.15, 0.2) is 42.5 Å². The molecule has 6 heteroatoms. The van der Waals surface area contributed by atoms with Crippen molar-refractivity contribution in [3.63, 3.8) is 0 Å². The van der Waals surface area contributed by atoms with Gasteiger partial charge in [0.05, 0.1) is 12.5 Å². The number of nitrogens with one attached hydrogen (secondary N) is 3. The van der Waals surface area contributed by atoms with Crippen molar-refractivity contribution in [2.75, 3.05) is 0 Å². The third-order valence-electron chi connectivity index (χ3n) is 4.64. The van der Waals surface area contributed by atoms with E-state index in [9.17, 15) is 9.59 Å². The van der Waals surface area contributed by atoms with Crippen LogP contribution in [-0.2, 0) is 29.2 Å². The Morgan fingerprint density at radius 3 is 2.48 bits per heavy atom. The van der Waals surface area contributed by atoms with Crippen molar-refractivity contribution in [2.24, 2.45) is 0 Å². The molecule has 1 aliphatic heterocycles. The second-order valence-electron chi connectivity index (χ2n) is 6.85. The zero-order valence-corrected chi connectivity index (χ0v) is 16.5. The van der Waals surface area contributed by atoms with E-state index in [4.69, 9.17) is 0 Å². The fourth-order valence-electron chi connectivity index (χ4n) is 3.21. The van der Waals surface area contributed by atoms with Crippen LogP contribution in [0.4, 0.5) is 0 Å². The molecule has 3 rings (SSSR count). The van der Waals surface area contributed by atoms with E-state index in [0.29, 0.717) is 6.54 Å². The van der Waals surface area contributed by atoms with E-state index in [1.54, 1.807) is 0 Å². The van der Waals surface area contributed by atoms with E-state index >= 15 is 0 Å². The lowest BCUT2D eigenvalue weighted by Crippen LogP contribution is -2.32. The van der Waals surface area contributed by atoms with Gasteiger partial charge < -0.3 is 16.0 Å². The number of rotatable bonds is 6. The molecule has 0 aromatic heterocycles. The van der Waals surface area contributed by atoms with Gasteiger partial charge in [-0.1, -0.05) is 48.0 Å². The number of hydrogen-bond acceptors (Lipinski definition) is 3. The summed E-state index contributed by atoms with van der Waals surface area (Å²) in [6.07, 6.45) is 0.217. The van der Waals surface area contributed by atoms with Gasteiger partial charge in [-0.05, 0) is 29.2 Å². The summed E-state index contributed by atoms with van der Waals surface area (Å²) in [4.78, 5) is 23.9. The molecule has 0 saturated heterocycles. The average Bonchev–Trinajstić information content (AvgIpc) is 3.07. The predicted octanol–water partition coefficient (Wildman–Crippen LogP) is 2.90. The minimum absolute atomic E-state index is 0. The van der Waals surface area contributed by atoms with Gasteiger partial charge in [-0.3, -0.25) is 9.59 Å². The SMILES string of the molecule is CC(=O)NC(CC(=O)NCc1ccc2c(c1)CNC2)c1ccc(C)cc1.Cl. The van der Waals surface area contributed by atoms with Crippen LogP contribution in [0.1, 0.15) is 47.2 Å². The molecule has 0 bridgehead atoms. The summed E-state index contributed by atoms with van der Waals surface area (Å²) < 4.78 is 0. The highest BCUT2D eigenvalue weighted by molar-refractivity contribution is 5.85. The van der Waals surface area contributed by atoms with E-state index in [1.807, 2.05) is 31.2 Å². The Balaban J connectivity index is 0.00000261. The third kappa shape index (κ3) is 5.81. The Kier molecular flexibility index (Phi) is 7.39. The van der Waals surface area contributed by atoms with Crippen LogP contribution >= 0.6 is 12.4 Å². The van der Waals surface area contributed by atoms with Gasteiger partial charge in [0.2, 0.25) is 11.8 Å². The Morgan fingerprint density at radius 1 is 1.07 bits per heavy atom. The summed E-state index contributed by atoms with van der Waals surface area (Å²) in [7, 11) is 0. The number of aryl methyl sites for hydroxylation is 1. The first-order chi connectivity index (χ1) is 12.5. The van der Waals surface area contributed by atoms with Gasteiger partial charge in [0.1, 0.15) is 0 Å². The maximum atomic E-state index is 12.4. The van der Waals surface area contributed by atoms with Gasteiger partial charge in [-0.15, -0.1) is 12.4 Å². The van der Waals surface area contributed by atoms with E-state index in [1.165, 1.54) is 18.1 Å². The van der Waals surface area contributed by atoms with Crippen LogP contribution in [0.2, 0.25) is 0 Å². The number of amides is 2. The lowest BCUT2D eigenvalue weighted by molar-refractivity contribution is -0.122. The Morgan fingerprint density at radius 2 is 1.78 bits per heavy atom. The molecule has 3 N–H and O–H groups in total. The van der Waals surface area contributed by atoms with Crippen LogP contribution in [0.3, 0.4) is 0 Å². The van der Waals surface area contributed by atoms with Crippen LogP contribution < -0.4 is 16.0 Å². The summed E-state index contributed by atoms with van der Waals surface area (Å²) in [5.41, 5.74) is 5.79. The molecule has 1 aliphatic rings. The number of halogens is 1. The molecule has 27 heavy (non-hydrogen) atoms. The minimum Gasteiger partial charge on any atom is -0.352 e. The molecule has 0 saturated carbocycles. The highest BCUT2D eigenvalue weighted by Gasteiger charge is 2.17. The maximum Gasteiger partial charge on any atom is 0.222 e. The van der Waals surface area contributed by atoms with Crippen LogP contribution in [0.25, 0.3) is 0 Å². The smallest absolute Gasteiger partial charge is 0.222 e. The summed E-state index contributed by atoms with van der Waals surface area (Å²) in [5, 5.41) is 9.15. The monoisotopic (exact) mass is 387 g/mol. The van der Waals surface area contributed by atoms with Crippen molar-refractivity contribution < 1.29 is 9.59 Å². The summed E-state index contributed by atoms with van der Waals surface area (Å²) in [6.45, 7) is 5.77. The Hall–Kier alpha value is -2.37. The Bertz CT molecular complexity index is 806. The first-order valence-corrected chi connectivity index (χ1v) is 8.93. The topological polar surface area (TPSA) is 70.2 Å². The zero-order valence-electron chi connectivity index (χ0n) is 15.7. The zero-order chi connectivity index (χ0) is 18.5. The lowest BCUT2D eigenvalue weighted by Gasteiger charge is -2.18. The molecular weight excluding hydrogens is 362 g/mol. The molecule has 1 heterocycles. The van der Waals surface area contributed by atoms with Crippen molar-refractivity contribution in [2.45, 2.75) is 45.9 Å². The maximum absolute atomic E-state index is 12.4. The van der Waals surface area contributed by atoms with E-state index < -0.39 is 0 Å². The van der Waals surface area contributed by atoms with Crippen molar-refractivity contribution in [3.8, 4) is 0 Å². The van der Waals surface area contributed by atoms with Crippen LogP contribution in [0, 0.1) is 6.92 Å². The van der Waals surface area contributed by atoms with Gasteiger partial charge in [0.25, 0.3) is 0 Å². The highest BCUT2D eigenvalue weighted by Crippen LogP contribution is 2.19. The summed E-state index contributed by atoms with van der Waals surface area (Å²) >= 11 is 0. The molecule has 1 unspecified atom stereocenters. The molecule has 0 radical (unpaired) electrons. The van der Waals surface area contributed by atoms with Gasteiger partial charge in [0.15, 0.2) is 0 Å². The van der Waals surface area contributed by atoms with Crippen molar-refractivity contribution in [1.82, 2.24) is 16.0 Å². The summed E-state index contributed by atoms with van der Waals surface area (Å²) in [5.74, 6) is -0.225. The van der Waals surface area contributed by atoms with Gasteiger partial charge in [0, 0.05) is 26.6 Å². The largest absolute Gasteiger partial charge is 0.352 e. The quantitative estimate of drug-likeness (QED) is 0.713. The van der Waals surface area contributed by atoms with E-state index in [0.717, 1.165) is 29.8 Å². The first kappa shape index (κ1) is 20.9. The molecule has 1 atom stereocenters. The molecule has 0 fully saturated rings. The number of fused-ring (bicyclic) bond motifs is 1. The van der Waals surface area contributed by atoms with E-state index in [2.05, 4.69) is 34.1 Å². The van der Waals surface area contributed by atoms with Crippen molar-refractivity contribution in [3.05, 3.63) is 70.3 Å². The molecule has 0 aliphatic carbocycles. The Labute approximate surface area is 166 Å². The second-order valence-corrected chi connectivity index (χ2v) is 6.85. The minimum atomic E-state index is -0.322. The van der Waals surface area contributed by atoms with E-state index in [-0.39, 0.29) is 36.7 Å². The summed E-state index contributed by atoms with van der Waals surface area (Å²) in [6, 6.07) is 13.9. The molecule has 144 valence electrons. The average molecular weight is 388 g/mol. The first-order valence-electron chi connectivity index (χ1n) is 8.93. The van der Waals surface area contributed by atoms with Crippen molar-refractivity contribution in [1.29, 1.82) is 0 Å². The molecule has 5 nitrogen and oxygen atoms in total. The predicted molar refractivity (Wildman–Crippen MR) is 108 cm³/mol. The number of carbonyl (C=O) groups is 2. The molecule has 2 aromatic rings. The van der Waals surface area contributed by atoms with Gasteiger partial charge in [-0.2, -0.15) is 0 Å². The number of benzene rings is 2. The standard InChI is InChI=1S/C21H25N3O2.ClH/c1-14-3-6-17(7-4-14)20(24-15(2)25)10-21(26)23-11-16-5-8-18-12-22-13-19(18)9-16;/h3-9,20,22H,10-13H2,1-2H3,(H,23,26)(H,24,25);1H. The molecular formula is C21H26ClN3O2.